The monoisotopic (exact) mass is 522 g/mol. The van der Waals surface area contributed by atoms with Crippen molar-refractivity contribution in [3.63, 3.8) is 0 Å². The van der Waals surface area contributed by atoms with Gasteiger partial charge in [0.2, 0.25) is 0 Å². The zero-order chi connectivity index (χ0) is 26.3. The zero-order valence-electron chi connectivity index (χ0n) is 21.2. The van der Waals surface area contributed by atoms with Crippen molar-refractivity contribution in [3.05, 3.63) is 78.5 Å². The summed E-state index contributed by atoms with van der Waals surface area (Å²) in [5.41, 5.74) is 1.67. The van der Waals surface area contributed by atoms with Crippen LogP contribution in [0.4, 0.5) is 10.2 Å². The van der Waals surface area contributed by atoms with Gasteiger partial charge in [-0.3, -0.25) is 9.97 Å². The van der Waals surface area contributed by atoms with E-state index in [2.05, 4.69) is 25.2 Å². The number of fused-ring (bicyclic) bond motifs is 4. The summed E-state index contributed by atoms with van der Waals surface area (Å²) in [4.78, 5) is 20.4. The summed E-state index contributed by atoms with van der Waals surface area (Å²) >= 11 is 0. The zero-order valence-corrected chi connectivity index (χ0v) is 21.2. The average Bonchev–Trinajstić information content (AvgIpc) is 3.30. The fourth-order valence-electron chi connectivity index (χ4n) is 5.77. The molecule has 5 aromatic rings. The summed E-state index contributed by atoms with van der Waals surface area (Å²) in [6.07, 6.45) is 6.18. The third-order valence-corrected chi connectivity index (χ3v) is 7.58. The van der Waals surface area contributed by atoms with Crippen LogP contribution in [0.2, 0.25) is 0 Å². The number of hydrogen-bond donors (Lipinski definition) is 2. The molecule has 0 saturated carbocycles. The number of halogens is 1. The second-order valence-electron chi connectivity index (χ2n) is 10.2. The summed E-state index contributed by atoms with van der Waals surface area (Å²) < 4.78 is 22.3. The normalized spacial score (nSPS) is 18.6. The van der Waals surface area contributed by atoms with E-state index in [1.54, 1.807) is 24.5 Å². The number of ether oxygens (including phenoxy) is 1. The third kappa shape index (κ3) is 4.48. The van der Waals surface area contributed by atoms with Gasteiger partial charge in [-0.15, -0.1) is 0 Å². The third-order valence-electron chi connectivity index (χ3n) is 7.58. The Kier molecular flexibility index (Phi) is 5.93. The molecule has 5 heterocycles. The maximum atomic E-state index is 16.4. The molecule has 2 unspecified atom stereocenters. The Hall–Kier alpha value is -4.37. The largest absolute Gasteiger partial charge is 0.508 e. The fourth-order valence-corrected chi connectivity index (χ4v) is 5.77. The van der Waals surface area contributed by atoms with Crippen LogP contribution in [0, 0.1) is 5.82 Å². The number of aromatic hydroxyl groups is 1. The Balaban J connectivity index is 1.33. The SMILES string of the molecule is Oc1cc(-c2ncc3c(N4CC5CCC(C4)N5)nc(OCCc4ccccn4)nc3c2F)c2ccccc2c1. The molecular weight excluding hydrogens is 495 g/mol. The number of rotatable bonds is 6. The first-order valence-electron chi connectivity index (χ1n) is 13.2. The highest BCUT2D eigenvalue weighted by Crippen LogP contribution is 2.37. The highest BCUT2D eigenvalue weighted by atomic mass is 19.1. The summed E-state index contributed by atoms with van der Waals surface area (Å²) in [6, 6.07) is 17.3. The van der Waals surface area contributed by atoms with Crippen molar-refractivity contribution in [3.8, 4) is 23.0 Å². The van der Waals surface area contributed by atoms with Crippen LogP contribution in [-0.4, -0.2) is 56.8 Å². The molecule has 7 rings (SSSR count). The number of phenolic OH excluding ortho intramolecular Hbond substituents is 1. The number of aromatic nitrogens is 4. The summed E-state index contributed by atoms with van der Waals surface area (Å²) in [5.74, 6) is 0.104. The Morgan fingerprint density at radius 1 is 0.974 bits per heavy atom. The van der Waals surface area contributed by atoms with Crippen LogP contribution < -0.4 is 15.0 Å². The topological polar surface area (TPSA) is 96.3 Å². The van der Waals surface area contributed by atoms with Crippen LogP contribution in [0.3, 0.4) is 0 Å². The van der Waals surface area contributed by atoms with Gasteiger partial charge in [0.05, 0.1) is 12.0 Å². The number of phenols is 1. The number of nitrogens with zero attached hydrogens (tertiary/aromatic N) is 5. The van der Waals surface area contributed by atoms with Gasteiger partial charge in [-0.2, -0.15) is 9.97 Å². The second kappa shape index (κ2) is 9.74. The Labute approximate surface area is 224 Å². The molecule has 0 amide bonds. The van der Waals surface area contributed by atoms with Crippen LogP contribution in [0.1, 0.15) is 18.5 Å². The van der Waals surface area contributed by atoms with E-state index in [9.17, 15) is 5.11 Å². The molecule has 39 heavy (non-hydrogen) atoms. The van der Waals surface area contributed by atoms with Gasteiger partial charge in [0.1, 0.15) is 22.8 Å². The molecular formula is C30H27FN6O2. The molecule has 3 aromatic heterocycles. The minimum atomic E-state index is -0.570. The van der Waals surface area contributed by atoms with Crippen LogP contribution >= 0.6 is 0 Å². The molecule has 0 radical (unpaired) electrons. The minimum Gasteiger partial charge on any atom is -0.508 e. The average molecular weight is 523 g/mol. The molecule has 0 spiro atoms. The highest BCUT2D eigenvalue weighted by Gasteiger charge is 2.34. The van der Waals surface area contributed by atoms with Gasteiger partial charge < -0.3 is 20.1 Å². The van der Waals surface area contributed by atoms with E-state index >= 15 is 4.39 Å². The van der Waals surface area contributed by atoms with E-state index in [0.717, 1.165) is 42.4 Å². The van der Waals surface area contributed by atoms with Crippen LogP contribution in [0.5, 0.6) is 11.8 Å². The van der Waals surface area contributed by atoms with Crippen LogP contribution in [0.25, 0.3) is 32.9 Å². The predicted octanol–water partition coefficient (Wildman–Crippen LogP) is 4.65. The first-order valence-corrected chi connectivity index (χ1v) is 13.2. The molecule has 2 aromatic carbocycles. The van der Waals surface area contributed by atoms with Crippen molar-refractivity contribution in [2.24, 2.45) is 0 Å². The lowest BCUT2D eigenvalue weighted by molar-refractivity contribution is 0.296. The summed E-state index contributed by atoms with van der Waals surface area (Å²) in [5, 5.41) is 16.1. The van der Waals surface area contributed by atoms with Crippen molar-refractivity contribution >= 4 is 27.5 Å². The number of hydrogen-bond acceptors (Lipinski definition) is 8. The maximum Gasteiger partial charge on any atom is 0.319 e. The number of nitrogens with one attached hydrogen (secondary N) is 1. The van der Waals surface area contributed by atoms with E-state index in [1.165, 1.54) is 0 Å². The molecule has 2 bridgehead atoms. The number of pyridine rings is 2. The quantitative estimate of drug-likeness (QED) is 0.333. The van der Waals surface area contributed by atoms with Crippen molar-refractivity contribution in [1.82, 2.24) is 25.3 Å². The molecule has 2 saturated heterocycles. The molecule has 8 nitrogen and oxygen atoms in total. The highest BCUT2D eigenvalue weighted by molar-refractivity contribution is 5.99. The van der Waals surface area contributed by atoms with E-state index in [1.807, 2.05) is 42.5 Å². The summed E-state index contributed by atoms with van der Waals surface area (Å²) in [6.45, 7) is 1.86. The Morgan fingerprint density at radius 2 is 1.79 bits per heavy atom. The number of piperazine rings is 1. The van der Waals surface area contributed by atoms with Gasteiger partial charge in [0, 0.05) is 55.2 Å². The lowest BCUT2D eigenvalue weighted by Gasteiger charge is -2.34. The smallest absolute Gasteiger partial charge is 0.319 e. The molecule has 2 aliphatic rings. The molecule has 9 heteroatoms. The van der Waals surface area contributed by atoms with E-state index in [0.29, 0.717) is 41.9 Å². The molecule has 2 fully saturated rings. The van der Waals surface area contributed by atoms with Gasteiger partial charge in [-0.1, -0.05) is 30.3 Å². The standard InChI is InChI=1S/C30H27FN6O2/c31-26-27(24-14-22(38)13-18-5-1-2-7-23(18)24)33-15-25-28(26)35-30(39-12-10-19-6-3-4-11-32-19)36-29(25)37-16-20-8-9-21(17-37)34-20/h1-7,11,13-15,20-21,34,38H,8-10,12,16-17H2. The van der Waals surface area contributed by atoms with Gasteiger partial charge >= 0.3 is 6.01 Å². The van der Waals surface area contributed by atoms with Gasteiger partial charge in [0.15, 0.2) is 5.82 Å². The molecule has 2 N–H and O–H groups in total. The first-order chi connectivity index (χ1) is 19.1. The fraction of sp³-hybridized carbons (Fsp3) is 0.267. The molecule has 2 aliphatic heterocycles. The van der Waals surface area contributed by atoms with Crippen molar-refractivity contribution < 1.29 is 14.2 Å². The lowest BCUT2D eigenvalue weighted by Crippen LogP contribution is -2.51. The lowest BCUT2D eigenvalue weighted by atomic mass is 10.0. The maximum absolute atomic E-state index is 16.4. The minimum absolute atomic E-state index is 0.0446. The molecule has 196 valence electrons. The molecule has 2 atom stereocenters. The predicted molar refractivity (Wildman–Crippen MR) is 147 cm³/mol. The summed E-state index contributed by atoms with van der Waals surface area (Å²) in [7, 11) is 0. The van der Waals surface area contributed by atoms with Gasteiger partial charge in [0.25, 0.3) is 0 Å². The van der Waals surface area contributed by atoms with Gasteiger partial charge in [-0.25, -0.2) is 4.39 Å². The van der Waals surface area contributed by atoms with E-state index < -0.39 is 5.82 Å². The first kappa shape index (κ1) is 23.7. The Bertz CT molecular complexity index is 1670. The number of anilines is 1. The molecule has 0 aliphatic carbocycles. The van der Waals surface area contributed by atoms with Crippen molar-refractivity contribution in [2.45, 2.75) is 31.3 Å². The second-order valence-corrected chi connectivity index (χ2v) is 10.2. The van der Waals surface area contributed by atoms with E-state index in [4.69, 9.17) is 9.72 Å². The Morgan fingerprint density at radius 3 is 2.62 bits per heavy atom. The van der Waals surface area contributed by atoms with Crippen LogP contribution in [0.15, 0.2) is 67.0 Å². The van der Waals surface area contributed by atoms with Crippen molar-refractivity contribution in [2.75, 3.05) is 24.6 Å². The van der Waals surface area contributed by atoms with E-state index in [-0.39, 0.29) is 23.0 Å². The van der Waals surface area contributed by atoms with Gasteiger partial charge in [-0.05, 0) is 47.9 Å². The van der Waals surface area contributed by atoms with Crippen molar-refractivity contribution in [1.29, 1.82) is 0 Å². The number of benzene rings is 2. The van der Waals surface area contributed by atoms with Crippen LogP contribution in [-0.2, 0) is 6.42 Å².